The van der Waals surface area contributed by atoms with E-state index in [2.05, 4.69) is 11.9 Å². The molecule has 0 saturated heterocycles. The third-order valence-corrected chi connectivity index (χ3v) is 2.89. The normalized spacial score (nSPS) is 10.7. The highest BCUT2D eigenvalue weighted by molar-refractivity contribution is 6.32. The van der Waals surface area contributed by atoms with Gasteiger partial charge in [0.05, 0.1) is 11.1 Å². The fourth-order valence-electron chi connectivity index (χ4n) is 1.80. The molecule has 1 aromatic heterocycles. The molecule has 0 aliphatic carbocycles. The van der Waals surface area contributed by atoms with Gasteiger partial charge in [0.2, 0.25) is 0 Å². The molecule has 0 bridgehead atoms. The monoisotopic (exact) mass is 249 g/mol. The van der Waals surface area contributed by atoms with E-state index in [0.717, 1.165) is 23.7 Å². The number of nitrogens with zero attached hydrogens (tertiary/aromatic N) is 1. The first-order valence-electron chi connectivity index (χ1n) is 5.44. The van der Waals surface area contributed by atoms with E-state index in [9.17, 15) is 4.79 Å². The molecule has 0 spiro atoms. The molecule has 0 atom stereocenters. The van der Waals surface area contributed by atoms with E-state index in [4.69, 9.17) is 16.7 Å². The molecule has 2 aromatic rings. The van der Waals surface area contributed by atoms with Crippen LogP contribution < -0.4 is 0 Å². The van der Waals surface area contributed by atoms with Gasteiger partial charge >= 0.3 is 5.97 Å². The fraction of sp³-hybridized carbons (Fsp3) is 0.231. The van der Waals surface area contributed by atoms with Crippen LogP contribution in [0.3, 0.4) is 0 Å². The Morgan fingerprint density at radius 1 is 1.41 bits per heavy atom. The fourth-order valence-corrected chi connectivity index (χ4v) is 2.02. The summed E-state index contributed by atoms with van der Waals surface area (Å²) in [7, 11) is 0. The van der Waals surface area contributed by atoms with Gasteiger partial charge in [-0.1, -0.05) is 31.0 Å². The van der Waals surface area contributed by atoms with Crippen molar-refractivity contribution in [1.82, 2.24) is 4.98 Å². The zero-order valence-electron chi connectivity index (χ0n) is 9.40. The highest BCUT2D eigenvalue weighted by atomic mass is 35.5. The van der Waals surface area contributed by atoms with Gasteiger partial charge in [0, 0.05) is 5.39 Å². The minimum absolute atomic E-state index is 0.0354. The van der Waals surface area contributed by atoms with Crippen LogP contribution in [0.25, 0.3) is 10.9 Å². The number of carbonyl (C=O) groups is 1. The van der Waals surface area contributed by atoms with Crippen molar-refractivity contribution < 1.29 is 9.90 Å². The number of hydrogen-bond donors (Lipinski definition) is 1. The molecule has 0 unspecified atom stereocenters. The highest BCUT2D eigenvalue weighted by Crippen LogP contribution is 2.22. The van der Waals surface area contributed by atoms with E-state index in [1.165, 1.54) is 5.56 Å². The molecule has 88 valence electrons. The number of fused-ring (bicyclic) bond motifs is 1. The van der Waals surface area contributed by atoms with E-state index in [0.29, 0.717) is 0 Å². The number of pyridine rings is 1. The second kappa shape index (κ2) is 4.72. The zero-order valence-corrected chi connectivity index (χ0v) is 10.2. The second-order valence-corrected chi connectivity index (χ2v) is 4.27. The van der Waals surface area contributed by atoms with Gasteiger partial charge in [-0.25, -0.2) is 9.78 Å². The van der Waals surface area contributed by atoms with Crippen molar-refractivity contribution in [1.29, 1.82) is 0 Å². The summed E-state index contributed by atoms with van der Waals surface area (Å²) in [5, 5.41) is 9.83. The maximum absolute atomic E-state index is 11.0. The average molecular weight is 250 g/mol. The van der Waals surface area contributed by atoms with Crippen molar-refractivity contribution in [2.24, 2.45) is 0 Å². The molecule has 0 saturated carbocycles. The van der Waals surface area contributed by atoms with Crippen molar-refractivity contribution >= 4 is 28.5 Å². The highest BCUT2D eigenvalue weighted by Gasteiger charge is 2.11. The predicted octanol–water partition coefficient (Wildman–Crippen LogP) is 3.54. The summed E-state index contributed by atoms with van der Waals surface area (Å²) >= 11 is 5.81. The lowest BCUT2D eigenvalue weighted by Crippen LogP contribution is -1.99. The summed E-state index contributed by atoms with van der Waals surface area (Å²) in [4.78, 5) is 15.0. The maximum atomic E-state index is 11.0. The van der Waals surface area contributed by atoms with Gasteiger partial charge < -0.3 is 5.11 Å². The Bertz CT molecular complexity index is 581. The number of benzene rings is 1. The summed E-state index contributed by atoms with van der Waals surface area (Å²) in [5.74, 6) is -1.05. The first kappa shape index (κ1) is 11.9. The maximum Gasteiger partial charge on any atom is 0.338 e. The summed E-state index contributed by atoms with van der Waals surface area (Å²) in [6.07, 6.45) is 2.03. The average Bonchev–Trinajstić information content (AvgIpc) is 2.28. The van der Waals surface area contributed by atoms with Gasteiger partial charge in [-0.2, -0.15) is 0 Å². The van der Waals surface area contributed by atoms with Crippen molar-refractivity contribution in [3.8, 4) is 0 Å². The van der Waals surface area contributed by atoms with Gasteiger partial charge in [-0.05, 0) is 30.2 Å². The van der Waals surface area contributed by atoms with E-state index < -0.39 is 5.97 Å². The topological polar surface area (TPSA) is 50.2 Å². The Morgan fingerprint density at radius 2 is 2.18 bits per heavy atom. The van der Waals surface area contributed by atoms with Crippen molar-refractivity contribution in [2.75, 3.05) is 0 Å². The van der Waals surface area contributed by atoms with E-state index in [-0.39, 0.29) is 10.7 Å². The van der Waals surface area contributed by atoms with E-state index >= 15 is 0 Å². The molecular weight excluding hydrogens is 238 g/mol. The van der Waals surface area contributed by atoms with Crippen molar-refractivity contribution in [2.45, 2.75) is 19.8 Å². The Morgan fingerprint density at radius 3 is 2.82 bits per heavy atom. The number of aryl methyl sites for hydroxylation is 1. The summed E-state index contributed by atoms with van der Waals surface area (Å²) < 4.78 is 0. The molecular formula is C13H12ClNO2. The third kappa shape index (κ3) is 2.39. The van der Waals surface area contributed by atoms with Gasteiger partial charge in [0.1, 0.15) is 5.15 Å². The minimum atomic E-state index is -1.05. The number of aromatic carboxylic acids is 1. The van der Waals surface area contributed by atoms with E-state index in [1.807, 2.05) is 18.2 Å². The zero-order chi connectivity index (χ0) is 12.4. The van der Waals surface area contributed by atoms with Gasteiger partial charge in [0.15, 0.2) is 0 Å². The van der Waals surface area contributed by atoms with Gasteiger partial charge in [-0.15, -0.1) is 0 Å². The lowest BCUT2D eigenvalue weighted by Gasteiger charge is -2.04. The smallest absolute Gasteiger partial charge is 0.338 e. The molecule has 2 rings (SSSR count). The molecule has 0 radical (unpaired) electrons. The van der Waals surface area contributed by atoms with Crippen molar-refractivity contribution in [3.63, 3.8) is 0 Å². The summed E-state index contributed by atoms with van der Waals surface area (Å²) in [6.45, 7) is 2.10. The molecule has 0 fully saturated rings. The molecule has 1 heterocycles. The van der Waals surface area contributed by atoms with Crippen LogP contribution in [0.1, 0.15) is 29.3 Å². The number of hydrogen-bond acceptors (Lipinski definition) is 2. The molecule has 3 nitrogen and oxygen atoms in total. The van der Waals surface area contributed by atoms with Gasteiger partial charge in [0.25, 0.3) is 0 Å². The molecule has 1 N–H and O–H groups in total. The van der Waals surface area contributed by atoms with Crippen LogP contribution in [0.5, 0.6) is 0 Å². The van der Waals surface area contributed by atoms with Crippen LogP contribution in [0.4, 0.5) is 0 Å². The molecule has 0 aliphatic heterocycles. The lowest BCUT2D eigenvalue weighted by molar-refractivity contribution is 0.0697. The van der Waals surface area contributed by atoms with Crippen LogP contribution >= 0.6 is 11.6 Å². The first-order chi connectivity index (χ1) is 8.11. The number of carboxylic acids is 1. The van der Waals surface area contributed by atoms with Crippen LogP contribution in [0.2, 0.25) is 5.15 Å². The SMILES string of the molecule is CCCc1ccc2nc(Cl)c(C(=O)O)cc2c1. The second-order valence-electron chi connectivity index (χ2n) is 3.91. The Hall–Kier alpha value is -1.61. The Balaban J connectivity index is 2.59. The summed E-state index contributed by atoms with van der Waals surface area (Å²) in [6, 6.07) is 7.41. The van der Waals surface area contributed by atoms with Crippen LogP contribution in [-0.2, 0) is 6.42 Å². The van der Waals surface area contributed by atoms with Gasteiger partial charge in [-0.3, -0.25) is 0 Å². The first-order valence-corrected chi connectivity index (χ1v) is 5.82. The number of aromatic nitrogens is 1. The quantitative estimate of drug-likeness (QED) is 0.847. The standard InChI is InChI=1S/C13H12ClNO2/c1-2-3-8-4-5-11-9(6-8)7-10(13(16)17)12(14)15-11/h4-7H,2-3H2,1H3,(H,16,17). The number of carboxylic acid groups (broad SMARTS) is 1. The molecule has 4 heteroatoms. The predicted molar refractivity (Wildman–Crippen MR) is 67.7 cm³/mol. The number of halogens is 1. The third-order valence-electron chi connectivity index (χ3n) is 2.60. The Labute approximate surface area is 104 Å². The van der Waals surface area contributed by atoms with E-state index in [1.54, 1.807) is 6.07 Å². The van der Waals surface area contributed by atoms with Crippen LogP contribution in [0, 0.1) is 0 Å². The molecule has 0 aliphatic rings. The Kier molecular flexibility index (Phi) is 3.29. The lowest BCUT2D eigenvalue weighted by atomic mass is 10.1. The number of rotatable bonds is 3. The molecule has 17 heavy (non-hydrogen) atoms. The molecule has 0 amide bonds. The van der Waals surface area contributed by atoms with Crippen LogP contribution in [0.15, 0.2) is 24.3 Å². The summed E-state index contributed by atoms with van der Waals surface area (Å²) in [5.41, 5.74) is 1.95. The van der Waals surface area contributed by atoms with Crippen molar-refractivity contribution in [3.05, 3.63) is 40.5 Å². The molecule has 1 aromatic carbocycles. The largest absolute Gasteiger partial charge is 0.478 e. The minimum Gasteiger partial charge on any atom is -0.478 e. The van der Waals surface area contributed by atoms with Crippen LogP contribution in [-0.4, -0.2) is 16.1 Å².